The Labute approximate surface area is 89.8 Å². The van der Waals surface area contributed by atoms with E-state index in [0.717, 1.165) is 6.08 Å². The van der Waals surface area contributed by atoms with Crippen LogP contribution < -0.4 is 18.9 Å². The van der Waals surface area contributed by atoms with Crippen LogP contribution in [0.3, 0.4) is 0 Å². The second-order valence-electron chi connectivity index (χ2n) is 1.49. The van der Waals surface area contributed by atoms with Crippen LogP contribution in [-0.4, -0.2) is 21.0 Å². The first kappa shape index (κ1) is 15.2. The van der Waals surface area contributed by atoms with Crippen molar-refractivity contribution in [3.05, 3.63) is 12.7 Å². The first-order chi connectivity index (χ1) is 5.52. The van der Waals surface area contributed by atoms with Crippen molar-refractivity contribution in [1.29, 1.82) is 0 Å². The fourth-order valence-corrected chi connectivity index (χ4v) is 0.752. The number of rotatable bonds is 5. The molecule has 0 spiro atoms. The average molecular weight is 204 g/mol. The van der Waals surface area contributed by atoms with Crippen LogP contribution in [0.1, 0.15) is 8.35 Å². The standard InChI is InChI=1S/C5H8O6S.Li.H/c1-3-5(6)10-11-12(7,8)9-4-2;;/h3H,1,4H2,2H3;;/q;+1;-1. The van der Waals surface area contributed by atoms with Crippen molar-refractivity contribution in [1.82, 2.24) is 0 Å². The first-order valence-corrected chi connectivity index (χ1v) is 4.27. The van der Waals surface area contributed by atoms with E-state index >= 15 is 0 Å². The molecule has 0 rings (SSSR count). The molecule has 72 valence electrons. The van der Waals surface area contributed by atoms with E-state index in [1.165, 1.54) is 6.92 Å². The van der Waals surface area contributed by atoms with Gasteiger partial charge in [-0.05, 0) is 11.3 Å². The van der Waals surface area contributed by atoms with Gasteiger partial charge in [0.25, 0.3) is 0 Å². The molecule has 6 nitrogen and oxygen atoms in total. The molecule has 0 aromatic heterocycles. The minimum atomic E-state index is -4.23. The molecule has 0 unspecified atom stereocenters. The average Bonchev–Trinajstić information content (AvgIpc) is 2.00. The molecule has 0 aliphatic carbocycles. The molecule has 13 heavy (non-hydrogen) atoms. The quantitative estimate of drug-likeness (QED) is 0.206. The number of hydrogen-bond acceptors (Lipinski definition) is 6. The van der Waals surface area contributed by atoms with Gasteiger partial charge in [0.2, 0.25) is 0 Å². The maximum Gasteiger partial charge on any atom is 1.00 e. The van der Waals surface area contributed by atoms with E-state index in [1.807, 2.05) is 0 Å². The van der Waals surface area contributed by atoms with E-state index in [9.17, 15) is 13.2 Å². The Morgan fingerprint density at radius 2 is 2.15 bits per heavy atom. The Balaban J connectivity index is -0.000000605. The molecule has 0 saturated heterocycles. The number of hydrogen-bond donors (Lipinski definition) is 0. The van der Waals surface area contributed by atoms with Crippen LogP contribution in [0.2, 0.25) is 0 Å². The predicted octanol–water partition coefficient (Wildman–Crippen LogP) is -2.95. The molecule has 0 fully saturated rings. The second kappa shape index (κ2) is 7.12. The molecule has 0 aromatic rings. The maximum absolute atomic E-state index is 10.5. The number of carbonyl (C=O) groups is 1. The topological polar surface area (TPSA) is 78.9 Å². The summed E-state index contributed by atoms with van der Waals surface area (Å²) in [6.07, 6.45) is 0.751. The minimum absolute atomic E-state index is 0. The fraction of sp³-hybridized carbons (Fsp3) is 0.400. The Hall–Kier alpha value is -0.323. The van der Waals surface area contributed by atoms with Crippen LogP contribution in [0.15, 0.2) is 12.7 Å². The zero-order valence-electron chi connectivity index (χ0n) is 8.35. The molecular weight excluding hydrogens is 195 g/mol. The SMILES string of the molecule is C=CC(=O)OOS(=O)(=O)OCC.[H-].[Li+]. The fourth-order valence-electron chi connectivity index (χ4n) is 0.273. The Bertz CT molecular complexity index is 263. The molecule has 0 aliphatic rings. The van der Waals surface area contributed by atoms with E-state index in [2.05, 4.69) is 20.0 Å². The molecule has 8 heteroatoms. The van der Waals surface area contributed by atoms with E-state index in [0.29, 0.717) is 0 Å². The van der Waals surface area contributed by atoms with Gasteiger partial charge in [0.1, 0.15) is 0 Å². The summed E-state index contributed by atoms with van der Waals surface area (Å²) >= 11 is 0. The summed E-state index contributed by atoms with van der Waals surface area (Å²) in [5, 5.41) is 0. The van der Waals surface area contributed by atoms with Gasteiger partial charge >= 0.3 is 35.2 Å². The summed E-state index contributed by atoms with van der Waals surface area (Å²) in [6, 6.07) is 0. The summed E-state index contributed by atoms with van der Waals surface area (Å²) in [7, 11) is -4.23. The molecule has 0 N–H and O–H groups in total. The van der Waals surface area contributed by atoms with Crippen LogP contribution in [0.4, 0.5) is 0 Å². The van der Waals surface area contributed by atoms with Gasteiger partial charge in [-0.2, -0.15) is 8.42 Å². The van der Waals surface area contributed by atoms with E-state index < -0.39 is 16.4 Å². The zero-order valence-corrected chi connectivity index (χ0v) is 8.17. The van der Waals surface area contributed by atoms with E-state index in [4.69, 9.17) is 0 Å². The van der Waals surface area contributed by atoms with Gasteiger partial charge in [0.05, 0.1) is 6.61 Å². The van der Waals surface area contributed by atoms with E-state index in [-0.39, 0.29) is 26.9 Å². The van der Waals surface area contributed by atoms with Crippen molar-refractivity contribution in [2.24, 2.45) is 0 Å². The normalized spacial score (nSPS) is 9.92. The molecule has 0 heterocycles. The van der Waals surface area contributed by atoms with Crippen LogP contribution in [0, 0.1) is 0 Å². The third-order valence-electron chi connectivity index (χ3n) is 0.628. The Morgan fingerprint density at radius 3 is 2.54 bits per heavy atom. The Morgan fingerprint density at radius 1 is 1.62 bits per heavy atom. The smallest absolute Gasteiger partial charge is 1.00 e. The summed E-state index contributed by atoms with van der Waals surface area (Å²) in [5.74, 6) is -1.02. The van der Waals surface area contributed by atoms with Gasteiger partial charge in [-0.3, -0.25) is 4.89 Å². The summed E-state index contributed by atoms with van der Waals surface area (Å²) in [4.78, 5) is 14.0. The van der Waals surface area contributed by atoms with Crippen molar-refractivity contribution in [3.8, 4) is 0 Å². The van der Waals surface area contributed by atoms with Crippen LogP contribution in [0.25, 0.3) is 0 Å². The van der Waals surface area contributed by atoms with Crippen molar-refractivity contribution in [2.75, 3.05) is 6.61 Å². The Kier molecular flexibility index (Phi) is 8.30. The third kappa shape index (κ3) is 8.02. The van der Waals surface area contributed by atoms with Crippen molar-refractivity contribution in [2.45, 2.75) is 6.92 Å². The van der Waals surface area contributed by atoms with Crippen LogP contribution in [-0.2, 0) is 28.6 Å². The molecule has 0 radical (unpaired) electrons. The van der Waals surface area contributed by atoms with Crippen molar-refractivity contribution in [3.63, 3.8) is 0 Å². The van der Waals surface area contributed by atoms with Gasteiger partial charge in [0, 0.05) is 6.08 Å². The zero-order chi connectivity index (χ0) is 9.61. The predicted molar refractivity (Wildman–Crippen MR) is 39.0 cm³/mol. The van der Waals surface area contributed by atoms with Crippen molar-refractivity contribution < 1.29 is 46.9 Å². The first-order valence-electron chi connectivity index (χ1n) is 2.93. The molecule has 0 bridgehead atoms. The molecule has 0 aromatic carbocycles. The minimum Gasteiger partial charge on any atom is -1.00 e. The largest absolute Gasteiger partial charge is 1.00 e. The van der Waals surface area contributed by atoms with Gasteiger partial charge in [-0.25, -0.2) is 8.98 Å². The molecular formula is C5H9LiO6S. The maximum atomic E-state index is 10.5. The van der Waals surface area contributed by atoms with Crippen molar-refractivity contribution >= 4 is 16.4 Å². The van der Waals surface area contributed by atoms with Crippen LogP contribution >= 0.6 is 0 Å². The summed E-state index contributed by atoms with van der Waals surface area (Å²) < 4.78 is 28.7. The third-order valence-corrected chi connectivity index (χ3v) is 1.39. The number of carbonyl (C=O) groups excluding carboxylic acids is 1. The van der Waals surface area contributed by atoms with Crippen LogP contribution in [0.5, 0.6) is 0 Å². The second-order valence-corrected chi connectivity index (χ2v) is 2.68. The van der Waals surface area contributed by atoms with E-state index in [1.54, 1.807) is 0 Å². The van der Waals surface area contributed by atoms with Gasteiger partial charge in [-0.15, -0.1) is 0 Å². The molecule has 0 atom stereocenters. The summed E-state index contributed by atoms with van der Waals surface area (Å²) in [6.45, 7) is 4.35. The monoisotopic (exact) mass is 204 g/mol. The van der Waals surface area contributed by atoms with Gasteiger partial charge in [0.15, 0.2) is 0 Å². The molecule has 0 saturated carbocycles. The van der Waals surface area contributed by atoms with Gasteiger partial charge < -0.3 is 1.43 Å². The summed E-state index contributed by atoms with van der Waals surface area (Å²) in [5.41, 5.74) is 0. The molecule has 0 amide bonds. The van der Waals surface area contributed by atoms with Gasteiger partial charge in [-0.1, -0.05) is 6.58 Å². The molecule has 0 aliphatic heterocycles.